The Morgan fingerprint density at radius 3 is 2.46 bits per heavy atom. The summed E-state index contributed by atoms with van der Waals surface area (Å²) in [5.41, 5.74) is 0. The van der Waals surface area contributed by atoms with Crippen molar-refractivity contribution in [2.45, 2.75) is 45.6 Å². The van der Waals surface area contributed by atoms with Crippen LogP contribution in [0.1, 0.15) is 39.5 Å². The van der Waals surface area contributed by atoms with Crippen LogP contribution in [0.3, 0.4) is 0 Å². The molecule has 1 fully saturated rings. The van der Waals surface area contributed by atoms with Crippen LogP contribution in [0.2, 0.25) is 0 Å². The van der Waals surface area contributed by atoms with Gasteiger partial charge in [0, 0.05) is 12.6 Å². The summed E-state index contributed by atoms with van der Waals surface area (Å²) in [5.74, 6) is 0.783. The van der Waals surface area contributed by atoms with Gasteiger partial charge >= 0.3 is 0 Å². The lowest BCUT2D eigenvalue weighted by Crippen LogP contribution is -2.39. The molecule has 78 valence electrons. The molecule has 1 aliphatic rings. The van der Waals surface area contributed by atoms with Gasteiger partial charge < -0.3 is 10.0 Å². The predicted molar refractivity (Wildman–Crippen MR) is 55.8 cm³/mol. The van der Waals surface area contributed by atoms with Gasteiger partial charge in [0.25, 0.3) is 0 Å². The molecule has 2 heteroatoms. The Hall–Kier alpha value is -0.0800. The zero-order valence-corrected chi connectivity index (χ0v) is 9.00. The van der Waals surface area contributed by atoms with Gasteiger partial charge in [0.1, 0.15) is 0 Å². The van der Waals surface area contributed by atoms with E-state index in [1.54, 1.807) is 0 Å². The molecule has 0 aliphatic carbocycles. The molecule has 0 amide bonds. The summed E-state index contributed by atoms with van der Waals surface area (Å²) >= 11 is 0. The van der Waals surface area contributed by atoms with Gasteiger partial charge in [-0.05, 0) is 51.6 Å². The Labute approximate surface area is 81.9 Å². The number of nitrogens with zero attached hydrogens (tertiary/aromatic N) is 1. The highest BCUT2D eigenvalue weighted by Crippen LogP contribution is 2.21. The quantitative estimate of drug-likeness (QED) is 0.723. The van der Waals surface area contributed by atoms with Crippen molar-refractivity contribution >= 4 is 0 Å². The van der Waals surface area contributed by atoms with Crippen LogP contribution in [-0.4, -0.2) is 35.7 Å². The van der Waals surface area contributed by atoms with Crippen LogP contribution in [0.15, 0.2) is 0 Å². The zero-order valence-electron chi connectivity index (χ0n) is 9.00. The topological polar surface area (TPSA) is 23.5 Å². The fourth-order valence-electron chi connectivity index (χ4n) is 2.12. The third kappa shape index (κ3) is 3.28. The minimum atomic E-state index is 0.369. The van der Waals surface area contributed by atoms with E-state index in [0.29, 0.717) is 6.61 Å². The Kier molecular flexibility index (Phi) is 4.74. The van der Waals surface area contributed by atoms with Crippen LogP contribution in [0, 0.1) is 5.92 Å². The van der Waals surface area contributed by atoms with Crippen molar-refractivity contribution < 1.29 is 5.11 Å². The zero-order chi connectivity index (χ0) is 9.68. The highest BCUT2D eigenvalue weighted by molar-refractivity contribution is 4.75. The minimum Gasteiger partial charge on any atom is -0.396 e. The number of hydrogen-bond acceptors (Lipinski definition) is 2. The average Bonchev–Trinajstić information content (AvgIpc) is 2.18. The highest BCUT2D eigenvalue weighted by atomic mass is 16.3. The summed E-state index contributed by atoms with van der Waals surface area (Å²) in [6.07, 6.45) is 4.83. The van der Waals surface area contributed by atoms with Crippen LogP contribution in [-0.2, 0) is 0 Å². The van der Waals surface area contributed by atoms with Gasteiger partial charge in [0.05, 0.1) is 0 Å². The van der Waals surface area contributed by atoms with Crippen molar-refractivity contribution in [2.24, 2.45) is 5.92 Å². The molecule has 0 spiro atoms. The van der Waals surface area contributed by atoms with E-state index < -0.39 is 0 Å². The van der Waals surface area contributed by atoms with Crippen LogP contribution < -0.4 is 0 Å². The lowest BCUT2D eigenvalue weighted by molar-refractivity contribution is 0.123. The molecule has 13 heavy (non-hydrogen) atoms. The average molecular weight is 185 g/mol. The molecule has 0 aromatic heterocycles. The molecule has 0 bridgehead atoms. The largest absolute Gasteiger partial charge is 0.396 e. The van der Waals surface area contributed by atoms with E-state index in [9.17, 15) is 0 Å². The molecule has 1 atom stereocenters. The summed E-state index contributed by atoms with van der Waals surface area (Å²) in [6, 6.07) is 0.745. The normalized spacial score (nSPS) is 23.3. The third-order valence-corrected chi connectivity index (χ3v) is 3.40. The third-order valence-electron chi connectivity index (χ3n) is 3.40. The Bertz CT molecular complexity index is 130. The van der Waals surface area contributed by atoms with Gasteiger partial charge in [-0.15, -0.1) is 0 Å². The maximum absolute atomic E-state index is 8.83. The molecule has 1 saturated heterocycles. The van der Waals surface area contributed by atoms with Crippen molar-refractivity contribution in [1.29, 1.82) is 0 Å². The molecule has 0 unspecified atom stereocenters. The Morgan fingerprint density at radius 1 is 1.38 bits per heavy atom. The van der Waals surface area contributed by atoms with Crippen molar-refractivity contribution in [3.63, 3.8) is 0 Å². The van der Waals surface area contributed by atoms with E-state index in [0.717, 1.165) is 18.4 Å². The van der Waals surface area contributed by atoms with E-state index in [4.69, 9.17) is 5.11 Å². The fraction of sp³-hybridized carbons (Fsp3) is 1.00. The maximum atomic E-state index is 8.83. The standard InChI is InChI=1S/C11H23NO/c1-3-10(2)12-7-4-11(5-8-12)6-9-13/h10-11,13H,3-9H2,1-2H3/t10-/m1/s1. The van der Waals surface area contributed by atoms with Gasteiger partial charge in [0.15, 0.2) is 0 Å². The number of rotatable bonds is 4. The van der Waals surface area contributed by atoms with Crippen molar-refractivity contribution in [1.82, 2.24) is 4.90 Å². The smallest absolute Gasteiger partial charge is 0.0433 e. The second kappa shape index (κ2) is 5.61. The van der Waals surface area contributed by atoms with Gasteiger partial charge in [-0.1, -0.05) is 6.92 Å². The summed E-state index contributed by atoms with van der Waals surface area (Å²) in [6.45, 7) is 7.41. The number of likely N-dealkylation sites (tertiary alicyclic amines) is 1. The van der Waals surface area contributed by atoms with Crippen molar-refractivity contribution in [3.05, 3.63) is 0 Å². The molecule has 0 radical (unpaired) electrons. The monoisotopic (exact) mass is 185 g/mol. The van der Waals surface area contributed by atoms with E-state index in [2.05, 4.69) is 18.7 Å². The lowest BCUT2D eigenvalue weighted by Gasteiger charge is -2.35. The van der Waals surface area contributed by atoms with Gasteiger partial charge in [0.2, 0.25) is 0 Å². The van der Waals surface area contributed by atoms with Crippen molar-refractivity contribution in [3.8, 4) is 0 Å². The SMILES string of the molecule is CC[C@@H](C)N1CCC(CCO)CC1. The summed E-state index contributed by atoms with van der Waals surface area (Å²) in [4.78, 5) is 2.58. The number of hydrogen-bond donors (Lipinski definition) is 1. The Balaban J connectivity index is 2.22. The van der Waals surface area contributed by atoms with Crippen LogP contribution in [0.4, 0.5) is 0 Å². The van der Waals surface area contributed by atoms with Crippen molar-refractivity contribution in [2.75, 3.05) is 19.7 Å². The first kappa shape index (κ1) is 11.0. The summed E-state index contributed by atoms with van der Waals surface area (Å²) < 4.78 is 0. The molecular weight excluding hydrogens is 162 g/mol. The molecule has 2 nitrogen and oxygen atoms in total. The highest BCUT2D eigenvalue weighted by Gasteiger charge is 2.20. The Morgan fingerprint density at radius 2 is 2.00 bits per heavy atom. The summed E-state index contributed by atoms with van der Waals surface area (Å²) in [5, 5.41) is 8.83. The summed E-state index contributed by atoms with van der Waals surface area (Å²) in [7, 11) is 0. The minimum absolute atomic E-state index is 0.369. The first-order valence-corrected chi connectivity index (χ1v) is 5.62. The molecule has 1 N–H and O–H groups in total. The molecule has 1 rings (SSSR count). The second-order valence-corrected chi connectivity index (χ2v) is 4.25. The lowest BCUT2D eigenvalue weighted by atomic mass is 9.93. The van der Waals surface area contributed by atoms with Crippen LogP contribution in [0.5, 0.6) is 0 Å². The maximum Gasteiger partial charge on any atom is 0.0433 e. The van der Waals surface area contributed by atoms with E-state index in [1.807, 2.05) is 0 Å². The number of piperidine rings is 1. The van der Waals surface area contributed by atoms with Gasteiger partial charge in [-0.25, -0.2) is 0 Å². The van der Waals surface area contributed by atoms with E-state index >= 15 is 0 Å². The van der Waals surface area contributed by atoms with Crippen LogP contribution in [0.25, 0.3) is 0 Å². The van der Waals surface area contributed by atoms with E-state index in [1.165, 1.54) is 32.4 Å². The van der Waals surface area contributed by atoms with Gasteiger partial charge in [-0.3, -0.25) is 0 Å². The molecular formula is C11H23NO. The van der Waals surface area contributed by atoms with Crippen LogP contribution >= 0.6 is 0 Å². The number of aliphatic hydroxyl groups is 1. The van der Waals surface area contributed by atoms with Gasteiger partial charge in [-0.2, -0.15) is 0 Å². The molecule has 0 saturated carbocycles. The molecule has 1 aliphatic heterocycles. The second-order valence-electron chi connectivity index (χ2n) is 4.25. The molecule has 0 aromatic carbocycles. The first-order chi connectivity index (χ1) is 6.27. The first-order valence-electron chi connectivity index (χ1n) is 5.62. The fourth-order valence-corrected chi connectivity index (χ4v) is 2.12. The van der Waals surface area contributed by atoms with E-state index in [-0.39, 0.29) is 0 Å². The molecule has 0 aromatic rings. The molecule has 1 heterocycles. The predicted octanol–water partition coefficient (Wildman–Crippen LogP) is 1.88. The number of aliphatic hydroxyl groups excluding tert-OH is 1.